The summed E-state index contributed by atoms with van der Waals surface area (Å²) in [5.74, 6) is 1.26. The molecule has 2 unspecified atom stereocenters. The van der Waals surface area contributed by atoms with Crippen LogP contribution in [0.15, 0.2) is 16.5 Å². The molecule has 1 N–H and O–H groups in total. The zero-order valence-electron chi connectivity index (χ0n) is 10.1. The molecule has 5 nitrogen and oxygen atoms in total. The summed E-state index contributed by atoms with van der Waals surface area (Å²) in [6, 6.07) is 4.78. The van der Waals surface area contributed by atoms with Crippen LogP contribution in [0.3, 0.4) is 0 Å². The van der Waals surface area contributed by atoms with Gasteiger partial charge < -0.3 is 4.42 Å². The van der Waals surface area contributed by atoms with Crippen LogP contribution in [0.1, 0.15) is 37.8 Å². The van der Waals surface area contributed by atoms with Crippen molar-refractivity contribution in [2.45, 2.75) is 38.5 Å². The second-order valence-corrected chi connectivity index (χ2v) is 5.75. The second-order valence-electron chi connectivity index (χ2n) is 3.86. The fourth-order valence-electron chi connectivity index (χ4n) is 1.45. The highest BCUT2D eigenvalue weighted by atomic mass is 32.2. The van der Waals surface area contributed by atoms with Crippen molar-refractivity contribution in [1.82, 2.24) is 4.72 Å². The Hall–Kier alpha value is -1.32. The molecule has 0 fully saturated rings. The predicted octanol–water partition coefficient (Wildman–Crippen LogP) is 1.87. The second kappa shape index (κ2) is 5.34. The van der Waals surface area contributed by atoms with Gasteiger partial charge >= 0.3 is 0 Å². The Bertz CT molecular complexity index is 513. The lowest BCUT2D eigenvalue weighted by Crippen LogP contribution is -2.34. The van der Waals surface area contributed by atoms with Crippen LogP contribution in [0.5, 0.6) is 0 Å². The van der Waals surface area contributed by atoms with E-state index in [1.165, 1.54) is 0 Å². The summed E-state index contributed by atoms with van der Waals surface area (Å²) in [7, 11) is -3.63. The van der Waals surface area contributed by atoms with Crippen LogP contribution < -0.4 is 4.72 Å². The first kappa shape index (κ1) is 13.7. The third-order valence-corrected chi connectivity index (χ3v) is 4.29. The lowest BCUT2D eigenvalue weighted by molar-refractivity contribution is 0.440. The zero-order chi connectivity index (χ0) is 13.1. The summed E-state index contributed by atoms with van der Waals surface area (Å²) in [5, 5.41) is 7.73. The summed E-state index contributed by atoms with van der Waals surface area (Å²) >= 11 is 0. The Morgan fingerprint density at radius 2 is 2.18 bits per heavy atom. The summed E-state index contributed by atoms with van der Waals surface area (Å²) < 4.78 is 31.4. The van der Waals surface area contributed by atoms with Gasteiger partial charge in [0.15, 0.2) is 5.25 Å². The summed E-state index contributed by atoms with van der Waals surface area (Å²) in [6.45, 7) is 5.13. The molecule has 0 aliphatic rings. The molecule has 1 rings (SSSR count). The first-order chi connectivity index (χ1) is 7.90. The molecule has 0 saturated carbocycles. The molecule has 0 aromatic carbocycles. The highest BCUT2D eigenvalue weighted by molar-refractivity contribution is 7.90. The Morgan fingerprint density at radius 3 is 2.59 bits per heavy atom. The molecule has 0 spiro atoms. The van der Waals surface area contributed by atoms with E-state index in [0.29, 0.717) is 5.76 Å². The Balaban J connectivity index is 2.82. The van der Waals surface area contributed by atoms with Crippen LogP contribution in [0.2, 0.25) is 0 Å². The minimum absolute atomic E-state index is 0.260. The fraction of sp³-hybridized carbons (Fsp3) is 0.545. The largest absolute Gasteiger partial charge is 0.465 e. The topological polar surface area (TPSA) is 83.1 Å². The van der Waals surface area contributed by atoms with Crippen LogP contribution >= 0.6 is 0 Å². The van der Waals surface area contributed by atoms with Gasteiger partial charge in [0, 0.05) is 0 Å². The molecule has 6 heteroatoms. The molecule has 1 heterocycles. The number of aryl methyl sites for hydroxylation is 1. The maximum absolute atomic E-state index is 11.8. The third-order valence-electron chi connectivity index (χ3n) is 2.42. The normalized spacial score (nSPS) is 15.2. The number of furan rings is 1. The van der Waals surface area contributed by atoms with E-state index in [-0.39, 0.29) is 6.42 Å². The first-order valence-corrected chi connectivity index (χ1v) is 6.92. The quantitative estimate of drug-likeness (QED) is 0.871. The Kier molecular flexibility index (Phi) is 4.32. The van der Waals surface area contributed by atoms with Crippen LogP contribution in [0.4, 0.5) is 0 Å². The van der Waals surface area contributed by atoms with Crippen LogP contribution in [0, 0.1) is 18.3 Å². The molecular weight excluding hydrogens is 240 g/mol. The maximum atomic E-state index is 11.8. The average molecular weight is 256 g/mol. The number of hydrogen-bond acceptors (Lipinski definition) is 4. The number of nitriles is 1. The standard InChI is InChI=1S/C11H16N2O3S/c1-4-10(7-12)17(14,15)13-9(3)11-6-5-8(2)16-11/h5-6,9-10,13H,4H2,1-3H3. The van der Waals surface area contributed by atoms with E-state index < -0.39 is 21.3 Å². The van der Waals surface area contributed by atoms with Crippen molar-refractivity contribution >= 4 is 10.0 Å². The molecule has 0 bridgehead atoms. The van der Waals surface area contributed by atoms with Gasteiger partial charge in [-0.05, 0) is 32.4 Å². The fourth-order valence-corrected chi connectivity index (χ4v) is 2.80. The van der Waals surface area contributed by atoms with E-state index in [1.807, 2.05) is 0 Å². The van der Waals surface area contributed by atoms with Crippen molar-refractivity contribution in [2.75, 3.05) is 0 Å². The van der Waals surface area contributed by atoms with Crippen LogP contribution in [-0.4, -0.2) is 13.7 Å². The van der Waals surface area contributed by atoms with E-state index in [9.17, 15) is 8.42 Å². The average Bonchev–Trinajstić information content (AvgIpc) is 2.65. The van der Waals surface area contributed by atoms with Crippen molar-refractivity contribution in [3.05, 3.63) is 23.7 Å². The first-order valence-electron chi connectivity index (χ1n) is 5.37. The SMILES string of the molecule is CCC(C#N)S(=O)(=O)NC(C)c1ccc(C)o1. The van der Waals surface area contributed by atoms with E-state index in [2.05, 4.69) is 4.72 Å². The molecule has 1 aromatic heterocycles. The van der Waals surface area contributed by atoms with Gasteiger partial charge in [0.25, 0.3) is 0 Å². The highest BCUT2D eigenvalue weighted by Crippen LogP contribution is 2.17. The van der Waals surface area contributed by atoms with Crippen LogP contribution in [-0.2, 0) is 10.0 Å². The molecule has 2 atom stereocenters. The summed E-state index contributed by atoms with van der Waals surface area (Å²) in [6.07, 6.45) is 0.260. The van der Waals surface area contributed by atoms with Crippen molar-refractivity contribution in [1.29, 1.82) is 5.26 Å². The lowest BCUT2D eigenvalue weighted by Gasteiger charge is -2.14. The van der Waals surface area contributed by atoms with Gasteiger partial charge in [0.2, 0.25) is 10.0 Å². The highest BCUT2D eigenvalue weighted by Gasteiger charge is 2.26. The lowest BCUT2D eigenvalue weighted by atomic mass is 10.3. The molecule has 0 saturated heterocycles. The van der Waals surface area contributed by atoms with Gasteiger partial charge in [-0.1, -0.05) is 6.92 Å². The third kappa shape index (κ3) is 3.32. The van der Waals surface area contributed by atoms with E-state index in [4.69, 9.17) is 9.68 Å². The van der Waals surface area contributed by atoms with Gasteiger partial charge in [-0.15, -0.1) is 0 Å². The Labute approximate surface area is 101 Å². The number of nitrogens with one attached hydrogen (secondary N) is 1. The van der Waals surface area contributed by atoms with Crippen molar-refractivity contribution in [2.24, 2.45) is 0 Å². The summed E-state index contributed by atoms with van der Waals surface area (Å²) in [4.78, 5) is 0. The van der Waals surface area contributed by atoms with Gasteiger partial charge in [-0.25, -0.2) is 13.1 Å². The predicted molar refractivity (Wildman–Crippen MR) is 63.6 cm³/mol. The van der Waals surface area contributed by atoms with Gasteiger partial charge in [-0.2, -0.15) is 5.26 Å². The van der Waals surface area contributed by atoms with E-state index in [0.717, 1.165) is 5.76 Å². The van der Waals surface area contributed by atoms with Crippen LogP contribution in [0.25, 0.3) is 0 Å². The maximum Gasteiger partial charge on any atom is 0.228 e. The molecule has 0 aliphatic heterocycles. The van der Waals surface area contributed by atoms with Gasteiger partial charge in [0.05, 0.1) is 12.1 Å². The van der Waals surface area contributed by atoms with E-state index in [1.54, 1.807) is 39.0 Å². The Morgan fingerprint density at radius 1 is 1.53 bits per heavy atom. The molecule has 1 aromatic rings. The van der Waals surface area contributed by atoms with Crippen molar-refractivity contribution in [3.63, 3.8) is 0 Å². The minimum Gasteiger partial charge on any atom is -0.465 e. The molecule has 0 amide bonds. The number of rotatable bonds is 5. The summed E-state index contributed by atoms with van der Waals surface area (Å²) in [5.41, 5.74) is 0. The monoisotopic (exact) mass is 256 g/mol. The van der Waals surface area contributed by atoms with Gasteiger partial charge in [-0.3, -0.25) is 0 Å². The molecular formula is C11H16N2O3S. The van der Waals surface area contributed by atoms with Crippen molar-refractivity contribution < 1.29 is 12.8 Å². The molecule has 0 aliphatic carbocycles. The minimum atomic E-state index is -3.63. The number of hydrogen-bond donors (Lipinski definition) is 1. The van der Waals surface area contributed by atoms with Gasteiger partial charge in [0.1, 0.15) is 11.5 Å². The molecule has 17 heavy (non-hydrogen) atoms. The number of nitrogens with zero attached hydrogens (tertiary/aromatic N) is 1. The zero-order valence-corrected chi connectivity index (χ0v) is 10.9. The molecule has 0 radical (unpaired) electrons. The smallest absolute Gasteiger partial charge is 0.228 e. The molecule has 94 valence electrons. The van der Waals surface area contributed by atoms with E-state index >= 15 is 0 Å². The van der Waals surface area contributed by atoms with Crippen molar-refractivity contribution in [3.8, 4) is 6.07 Å². The number of sulfonamides is 1.